The molecule has 7 nitrogen and oxygen atoms in total. The van der Waals surface area contributed by atoms with Crippen molar-refractivity contribution >= 4 is 28.3 Å². The molecule has 3 N–H and O–H groups in total. The number of hydrogen-bond acceptors (Lipinski definition) is 4. The van der Waals surface area contributed by atoms with Gasteiger partial charge in [0.1, 0.15) is 11.9 Å². The molecule has 3 fully saturated rings. The molecule has 2 amide bonds. The van der Waals surface area contributed by atoms with Crippen molar-refractivity contribution in [2.24, 2.45) is 5.92 Å². The van der Waals surface area contributed by atoms with Gasteiger partial charge in [0.2, 0.25) is 11.8 Å². The minimum Gasteiger partial charge on any atom is -0.360 e. The number of aromatic amines is 1. The SMILES string of the molecule is CNC(C)C(=O)NC(C(=O)N1CCC2C1=C(c1c[nH]c3cc(F)ccc13)CN2C1CCCC1)C1CCCCC1. The second kappa shape index (κ2) is 11.0. The van der Waals surface area contributed by atoms with Gasteiger partial charge in [-0.2, -0.15) is 0 Å². The zero-order valence-corrected chi connectivity index (χ0v) is 23.3. The Labute approximate surface area is 230 Å². The van der Waals surface area contributed by atoms with E-state index in [0.717, 1.165) is 60.8 Å². The zero-order valence-electron chi connectivity index (χ0n) is 23.3. The molecule has 1 aromatic carbocycles. The van der Waals surface area contributed by atoms with E-state index in [4.69, 9.17) is 0 Å². The van der Waals surface area contributed by atoms with Crippen molar-refractivity contribution in [1.29, 1.82) is 0 Å². The van der Waals surface area contributed by atoms with E-state index in [-0.39, 0.29) is 35.6 Å². The van der Waals surface area contributed by atoms with Gasteiger partial charge in [-0.05, 0) is 75.8 Å². The molecule has 2 saturated carbocycles. The predicted octanol–water partition coefficient (Wildman–Crippen LogP) is 4.55. The highest BCUT2D eigenvalue weighted by molar-refractivity contribution is 5.97. The number of amides is 2. The van der Waals surface area contributed by atoms with Gasteiger partial charge in [-0.3, -0.25) is 14.5 Å². The predicted molar refractivity (Wildman–Crippen MR) is 151 cm³/mol. The molecular weight excluding hydrogens is 493 g/mol. The van der Waals surface area contributed by atoms with Gasteiger partial charge in [-0.15, -0.1) is 0 Å². The van der Waals surface area contributed by atoms with Crippen LogP contribution in [-0.4, -0.2) is 70.9 Å². The van der Waals surface area contributed by atoms with Crippen LogP contribution in [0.5, 0.6) is 0 Å². The number of likely N-dealkylation sites (N-methyl/N-ethyl adjacent to an activating group) is 1. The van der Waals surface area contributed by atoms with Crippen molar-refractivity contribution in [3.8, 4) is 0 Å². The highest BCUT2D eigenvalue weighted by Gasteiger charge is 2.48. The van der Waals surface area contributed by atoms with E-state index in [1.807, 2.05) is 24.1 Å². The minimum atomic E-state index is -0.515. The Hall–Kier alpha value is -2.71. The number of fused-ring (bicyclic) bond motifs is 2. The lowest BCUT2D eigenvalue weighted by Crippen LogP contribution is -2.55. The number of carbonyl (C=O) groups excluding carboxylic acids is 2. The fourth-order valence-electron chi connectivity index (χ4n) is 7.59. The minimum absolute atomic E-state index is 0.0349. The summed E-state index contributed by atoms with van der Waals surface area (Å²) in [4.78, 5) is 35.4. The molecular formula is C31H42FN5O2. The van der Waals surface area contributed by atoms with Gasteiger partial charge in [-0.1, -0.05) is 32.1 Å². The molecule has 2 aliphatic heterocycles. The molecule has 1 aromatic heterocycles. The second-order valence-electron chi connectivity index (χ2n) is 12.1. The van der Waals surface area contributed by atoms with E-state index in [2.05, 4.69) is 20.5 Å². The van der Waals surface area contributed by atoms with Crippen LogP contribution in [0.2, 0.25) is 0 Å². The molecule has 3 heterocycles. The van der Waals surface area contributed by atoms with Crippen LogP contribution >= 0.6 is 0 Å². The lowest BCUT2D eigenvalue weighted by atomic mass is 9.83. The summed E-state index contributed by atoms with van der Waals surface area (Å²) in [7, 11) is 1.77. The maximum atomic E-state index is 14.5. The number of nitrogens with one attached hydrogen (secondary N) is 3. The third kappa shape index (κ3) is 4.91. The summed E-state index contributed by atoms with van der Waals surface area (Å²) < 4.78 is 14.0. The maximum absolute atomic E-state index is 14.5. The average Bonchev–Trinajstić information content (AvgIpc) is 3.75. The monoisotopic (exact) mass is 535 g/mol. The molecule has 1 saturated heterocycles. The Kier molecular flexibility index (Phi) is 7.51. The highest BCUT2D eigenvalue weighted by atomic mass is 19.1. The molecule has 0 spiro atoms. The van der Waals surface area contributed by atoms with Gasteiger partial charge in [-0.25, -0.2) is 4.39 Å². The maximum Gasteiger partial charge on any atom is 0.249 e. The van der Waals surface area contributed by atoms with E-state index >= 15 is 0 Å². The number of hydrogen-bond donors (Lipinski definition) is 3. The first kappa shape index (κ1) is 26.5. The first-order valence-electron chi connectivity index (χ1n) is 15.0. The number of nitrogens with zero attached hydrogens (tertiary/aromatic N) is 2. The number of carbonyl (C=O) groups is 2. The van der Waals surface area contributed by atoms with Crippen LogP contribution in [0.4, 0.5) is 4.39 Å². The molecule has 3 unspecified atom stereocenters. The van der Waals surface area contributed by atoms with E-state index in [1.165, 1.54) is 43.7 Å². The molecule has 2 aromatic rings. The molecule has 8 heteroatoms. The average molecular weight is 536 g/mol. The van der Waals surface area contributed by atoms with Crippen LogP contribution in [0.25, 0.3) is 16.5 Å². The van der Waals surface area contributed by atoms with Crippen molar-refractivity contribution in [2.45, 2.75) is 95.3 Å². The number of H-pyrrole nitrogens is 1. The van der Waals surface area contributed by atoms with Crippen LogP contribution < -0.4 is 10.6 Å². The normalized spacial score (nSPS) is 24.5. The van der Waals surface area contributed by atoms with Crippen molar-refractivity contribution in [3.05, 3.63) is 41.5 Å². The molecule has 4 aliphatic rings. The van der Waals surface area contributed by atoms with Crippen LogP contribution in [0.15, 0.2) is 30.1 Å². The molecule has 0 radical (unpaired) electrons. The topological polar surface area (TPSA) is 80.5 Å². The number of likely N-dealkylation sites (tertiary alicyclic amines) is 1. The van der Waals surface area contributed by atoms with Crippen LogP contribution in [-0.2, 0) is 9.59 Å². The van der Waals surface area contributed by atoms with Gasteiger partial charge in [0.05, 0.1) is 12.1 Å². The first-order valence-corrected chi connectivity index (χ1v) is 15.0. The Balaban J connectivity index is 1.38. The van der Waals surface area contributed by atoms with E-state index in [0.29, 0.717) is 12.6 Å². The van der Waals surface area contributed by atoms with Gasteiger partial charge in [0.25, 0.3) is 0 Å². The Bertz CT molecular complexity index is 1260. The lowest BCUT2D eigenvalue weighted by molar-refractivity contribution is -0.136. The summed E-state index contributed by atoms with van der Waals surface area (Å²) in [5.74, 6) is -0.188. The molecule has 210 valence electrons. The summed E-state index contributed by atoms with van der Waals surface area (Å²) >= 11 is 0. The Morgan fingerprint density at radius 1 is 1.05 bits per heavy atom. The standard InChI is InChI=1S/C31H42FN5O2/c1-19(33-2)30(38)35-28(20-8-4-3-5-9-20)31(39)36-15-14-27-29(36)25(18-37(27)22-10-6-7-11-22)24-17-34-26-16-21(32)12-13-23(24)26/h12-13,16-17,19-20,22,27-28,33-34H,3-11,14-15,18H2,1-2H3,(H,35,38). The summed E-state index contributed by atoms with van der Waals surface area (Å²) in [5.41, 5.74) is 4.12. The van der Waals surface area contributed by atoms with Gasteiger partial charge >= 0.3 is 0 Å². The summed E-state index contributed by atoms with van der Waals surface area (Å²) in [6.07, 6.45) is 13.1. The molecule has 0 bridgehead atoms. The largest absolute Gasteiger partial charge is 0.360 e. The summed E-state index contributed by atoms with van der Waals surface area (Å²) in [5, 5.41) is 7.18. The van der Waals surface area contributed by atoms with Crippen molar-refractivity contribution in [1.82, 2.24) is 25.4 Å². The smallest absolute Gasteiger partial charge is 0.249 e. The summed E-state index contributed by atoms with van der Waals surface area (Å²) in [6.45, 7) is 3.31. The third-order valence-corrected chi connectivity index (χ3v) is 9.82. The number of halogens is 1. The van der Waals surface area contributed by atoms with Crippen molar-refractivity contribution in [3.63, 3.8) is 0 Å². The first-order chi connectivity index (χ1) is 19.0. The van der Waals surface area contributed by atoms with E-state index in [1.54, 1.807) is 13.1 Å². The highest BCUT2D eigenvalue weighted by Crippen LogP contribution is 2.45. The molecule has 6 rings (SSSR count). The number of aromatic nitrogens is 1. The molecule has 2 aliphatic carbocycles. The fraction of sp³-hybridized carbons (Fsp3) is 0.613. The van der Waals surface area contributed by atoms with Gasteiger partial charge in [0, 0.05) is 47.5 Å². The number of benzene rings is 1. The van der Waals surface area contributed by atoms with E-state index < -0.39 is 6.04 Å². The zero-order chi connectivity index (χ0) is 27.1. The number of rotatable bonds is 7. The van der Waals surface area contributed by atoms with Gasteiger partial charge < -0.3 is 20.5 Å². The second-order valence-corrected chi connectivity index (χ2v) is 12.1. The quantitative estimate of drug-likeness (QED) is 0.486. The Morgan fingerprint density at radius 3 is 2.54 bits per heavy atom. The lowest BCUT2D eigenvalue weighted by Gasteiger charge is -2.34. The third-order valence-electron chi connectivity index (χ3n) is 9.82. The molecule has 3 atom stereocenters. The van der Waals surface area contributed by atoms with Crippen LogP contribution in [0.1, 0.15) is 76.7 Å². The van der Waals surface area contributed by atoms with Crippen LogP contribution in [0, 0.1) is 11.7 Å². The Morgan fingerprint density at radius 2 is 1.79 bits per heavy atom. The van der Waals surface area contributed by atoms with Crippen molar-refractivity contribution < 1.29 is 14.0 Å². The van der Waals surface area contributed by atoms with Crippen molar-refractivity contribution in [2.75, 3.05) is 20.1 Å². The van der Waals surface area contributed by atoms with Gasteiger partial charge in [0.15, 0.2) is 0 Å². The van der Waals surface area contributed by atoms with E-state index in [9.17, 15) is 14.0 Å². The van der Waals surface area contributed by atoms with Crippen LogP contribution in [0.3, 0.4) is 0 Å². The fourth-order valence-corrected chi connectivity index (χ4v) is 7.59. The molecule has 39 heavy (non-hydrogen) atoms. The summed E-state index contributed by atoms with van der Waals surface area (Å²) in [6, 6.07) is 4.77.